The Labute approximate surface area is 297 Å². The summed E-state index contributed by atoms with van der Waals surface area (Å²) >= 11 is 0. The van der Waals surface area contributed by atoms with Crippen LogP contribution in [0.4, 0.5) is 0 Å². The summed E-state index contributed by atoms with van der Waals surface area (Å²) in [6.07, 6.45) is 0. The zero-order valence-electron chi connectivity index (χ0n) is 28.2. The van der Waals surface area contributed by atoms with E-state index in [0.29, 0.717) is 0 Å². The Kier molecular flexibility index (Phi) is 7.71. The molecule has 0 fully saturated rings. The third-order valence-electron chi connectivity index (χ3n) is 9.53. The number of aryl methyl sites for hydroxylation is 1. The molecule has 0 aliphatic heterocycles. The molecule has 0 unspecified atom stereocenters. The highest BCUT2D eigenvalue weighted by Crippen LogP contribution is 2.37. The summed E-state index contributed by atoms with van der Waals surface area (Å²) in [5.74, 6) is 0. The maximum Gasteiger partial charge on any atom is 0.0974 e. The van der Waals surface area contributed by atoms with Crippen molar-refractivity contribution in [3.8, 4) is 67.2 Å². The van der Waals surface area contributed by atoms with E-state index < -0.39 is 0 Å². The van der Waals surface area contributed by atoms with Gasteiger partial charge in [0.25, 0.3) is 0 Å². The molecule has 0 saturated heterocycles. The smallest absolute Gasteiger partial charge is 0.0974 e. The summed E-state index contributed by atoms with van der Waals surface area (Å²) in [5.41, 5.74) is 15.7. The predicted molar refractivity (Wildman–Crippen MR) is 212 cm³/mol. The van der Waals surface area contributed by atoms with Gasteiger partial charge in [-0.2, -0.15) is 0 Å². The minimum atomic E-state index is 0.912. The number of rotatable bonds is 6. The Bertz CT molecular complexity index is 2670. The van der Waals surface area contributed by atoms with Gasteiger partial charge in [-0.05, 0) is 70.6 Å². The Balaban J connectivity index is 1.16. The van der Waals surface area contributed by atoms with E-state index in [4.69, 9.17) is 15.0 Å². The predicted octanol–water partition coefficient (Wildman–Crippen LogP) is 12.5. The van der Waals surface area contributed by atoms with E-state index in [1.165, 1.54) is 11.1 Å². The van der Waals surface area contributed by atoms with Gasteiger partial charge in [0, 0.05) is 33.2 Å². The molecule has 0 aliphatic carbocycles. The van der Waals surface area contributed by atoms with Gasteiger partial charge >= 0.3 is 0 Å². The third kappa shape index (κ3) is 5.96. The number of aromatic nitrogens is 3. The standard InChI is InChI=1S/C48H33N3/c1-32-28-43(42-26-24-38-25-27-44(36-14-7-3-8-15-36)51-47(38)48(42)49-32)39-18-11-19-40(29-39)46-31-41(30-45(50-46)37-16-9-4-10-17-37)35-22-20-34(21-23-35)33-12-5-2-6-13-33/h2-31H,1H3. The molecule has 0 bridgehead atoms. The number of fused-ring (bicyclic) bond motifs is 3. The Morgan fingerprint density at radius 3 is 1.53 bits per heavy atom. The van der Waals surface area contributed by atoms with Crippen LogP contribution in [0.25, 0.3) is 89.0 Å². The second-order valence-electron chi connectivity index (χ2n) is 12.9. The van der Waals surface area contributed by atoms with Crippen molar-refractivity contribution < 1.29 is 0 Å². The van der Waals surface area contributed by atoms with Crippen molar-refractivity contribution in [2.45, 2.75) is 6.92 Å². The van der Waals surface area contributed by atoms with Crippen LogP contribution in [0.5, 0.6) is 0 Å². The maximum absolute atomic E-state index is 5.24. The molecule has 3 nitrogen and oxygen atoms in total. The van der Waals surface area contributed by atoms with Crippen LogP contribution >= 0.6 is 0 Å². The van der Waals surface area contributed by atoms with Crippen LogP contribution in [0, 0.1) is 6.92 Å². The first-order chi connectivity index (χ1) is 25.2. The van der Waals surface area contributed by atoms with E-state index in [9.17, 15) is 0 Å². The van der Waals surface area contributed by atoms with Crippen molar-refractivity contribution in [1.82, 2.24) is 15.0 Å². The normalized spacial score (nSPS) is 11.2. The van der Waals surface area contributed by atoms with Crippen LogP contribution in [0.15, 0.2) is 182 Å². The molecule has 3 heteroatoms. The lowest BCUT2D eigenvalue weighted by Gasteiger charge is -2.14. The fourth-order valence-corrected chi connectivity index (χ4v) is 6.94. The summed E-state index contributed by atoms with van der Waals surface area (Å²) in [7, 11) is 0. The van der Waals surface area contributed by atoms with Gasteiger partial charge in [0.2, 0.25) is 0 Å². The maximum atomic E-state index is 5.24. The minimum Gasteiger partial charge on any atom is -0.251 e. The van der Waals surface area contributed by atoms with E-state index in [1.807, 2.05) is 24.3 Å². The van der Waals surface area contributed by atoms with Crippen LogP contribution in [-0.2, 0) is 0 Å². The first kappa shape index (κ1) is 30.4. The van der Waals surface area contributed by atoms with Crippen LogP contribution in [0.3, 0.4) is 0 Å². The van der Waals surface area contributed by atoms with Crippen molar-refractivity contribution in [1.29, 1.82) is 0 Å². The fourth-order valence-electron chi connectivity index (χ4n) is 6.94. The molecule has 51 heavy (non-hydrogen) atoms. The van der Waals surface area contributed by atoms with Crippen molar-refractivity contribution in [3.05, 3.63) is 188 Å². The molecule has 0 atom stereocenters. The first-order valence-corrected chi connectivity index (χ1v) is 17.3. The Morgan fingerprint density at radius 1 is 0.314 bits per heavy atom. The highest BCUT2D eigenvalue weighted by molar-refractivity contribution is 6.09. The number of hydrogen-bond acceptors (Lipinski definition) is 3. The zero-order valence-corrected chi connectivity index (χ0v) is 28.2. The van der Waals surface area contributed by atoms with E-state index >= 15 is 0 Å². The highest BCUT2D eigenvalue weighted by atomic mass is 14.8. The summed E-state index contributed by atoms with van der Waals surface area (Å²) in [6, 6.07) is 64.0. The Hall–Kier alpha value is -6.71. The number of benzene rings is 6. The third-order valence-corrected chi connectivity index (χ3v) is 9.53. The number of nitrogens with zero attached hydrogens (tertiary/aromatic N) is 3. The van der Waals surface area contributed by atoms with Crippen LogP contribution in [-0.4, -0.2) is 15.0 Å². The van der Waals surface area contributed by atoms with Gasteiger partial charge < -0.3 is 0 Å². The second kappa shape index (κ2) is 13.0. The van der Waals surface area contributed by atoms with Gasteiger partial charge in [0.1, 0.15) is 0 Å². The van der Waals surface area contributed by atoms with Crippen molar-refractivity contribution in [2.75, 3.05) is 0 Å². The van der Waals surface area contributed by atoms with E-state index in [1.54, 1.807) is 0 Å². The van der Waals surface area contributed by atoms with Crippen LogP contribution < -0.4 is 0 Å². The molecule has 9 rings (SSSR count). The van der Waals surface area contributed by atoms with E-state index in [-0.39, 0.29) is 0 Å². The highest BCUT2D eigenvalue weighted by Gasteiger charge is 2.14. The second-order valence-corrected chi connectivity index (χ2v) is 12.9. The number of pyridine rings is 3. The van der Waals surface area contributed by atoms with Gasteiger partial charge in [0.15, 0.2) is 0 Å². The molecule has 0 aliphatic rings. The van der Waals surface area contributed by atoms with Crippen molar-refractivity contribution >= 4 is 21.8 Å². The van der Waals surface area contributed by atoms with Crippen molar-refractivity contribution in [3.63, 3.8) is 0 Å². The Morgan fingerprint density at radius 2 is 0.843 bits per heavy atom. The zero-order chi connectivity index (χ0) is 34.1. The lowest BCUT2D eigenvalue weighted by Crippen LogP contribution is -1.94. The molecule has 0 saturated carbocycles. The summed E-state index contributed by atoms with van der Waals surface area (Å²) in [5, 5.41) is 2.15. The minimum absolute atomic E-state index is 0.912. The van der Waals surface area contributed by atoms with Crippen LogP contribution in [0.2, 0.25) is 0 Å². The molecule has 0 N–H and O–H groups in total. The molecule has 0 amide bonds. The number of hydrogen-bond donors (Lipinski definition) is 0. The van der Waals surface area contributed by atoms with Gasteiger partial charge in [0.05, 0.1) is 28.1 Å². The SMILES string of the molecule is Cc1cc(-c2cccc(-c3cc(-c4ccc(-c5ccccc5)cc4)cc(-c4ccccc4)n3)c2)c2ccc3ccc(-c4ccccc4)nc3c2n1. The average Bonchev–Trinajstić information content (AvgIpc) is 3.21. The largest absolute Gasteiger partial charge is 0.251 e. The molecule has 6 aromatic carbocycles. The summed E-state index contributed by atoms with van der Waals surface area (Å²) in [6.45, 7) is 2.06. The first-order valence-electron chi connectivity index (χ1n) is 17.3. The lowest BCUT2D eigenvalue weighted by molar-refractivity contribution is 1.25. The van der Waals surface area contributed by atoms with E-state index in [2.05, 4.69) is 165 Å². The van der Waals surface area contributed by atoms with Crippen molar-refractivity contribution in [2.24, 2.45) is 0 Å². The topological polar surface area (TPSA) is 38.7 Å². The van der Waals surface area contributed by atoms with Crippen LogP contribution in [0.1, 0.15) is 5.69 Å². The lowest BCUT2D eigenvalue weighted by atomic mass is 9.95. The summed E-state index contributed by atoms with van der Waals surface area (Å²) in [4.78, 5) is 15.4. The monoisotopic (exact) mass is 651 g/mol. The van der Waals surface area contributed by atoms with Gasteiger partial charge in [-0.1, -0.05) is 152 Å². The van der Waals surface area contributed by atoms with Gasteiger partial charge in [-0.15, -0.1) is 0 Å². The molecule has 3 heterocycles. The molecule has 0 spiro atoms. The average molecular weight is 652 g/mol. The fraction of sp³-hybridized carbons (Fsp3) is 0.0208. The molecular formula is C48H33N3. The van der Waals surface area contributed by atoms with Gasteiger partial charge in [-0.25, -0.2) is 9.97 Å². The quantitative estimate of drug-likeness (QED) is 0.168. The van der Waals surface area contributed by atoms with Gasteiger partial charge in [-0.3, -0.25) is 4.98 Å². The molecule has 3 aromatic heterocycles. The molecule has 9 aromatic rings. The molecule has 0 radical (unpaired) electrons. The molecular weight excluding hydrogens is 619 g/mol. The molecule has 240 valence electrons. The summed E-state index contributed by atoms with van der Waals surface area (Å²) < 4.78 is 0. The van der Waals surface area contributed by atoms with E-state index in [0.717, 1.165) is 83.5 Å².